The predicted octanol–water partition coefficient (Wildman–Crippen LogP) is 1.43. The number of carboxylic acid groups (broad SMARTS) is 1. The number of amides is 1. The molecule has 1 aromatic carbocycles. The topological polar surface area (TPSA) is 124 Å². The number of benzene rings is 1. The fourth-order valence-corrected chi connectivity index (χ4v) is 2.11. The first-order valence-electron chi connectivity index (χ1n) is 7.97. The van der Waals surface area contributed by atoms with Gasteiger partial charge in [0.25, 0.3) is 5.91 Å². The number of carboxylic acids is 1. The number of methoxy groups -OCH3 is 1. The molecule has 0 fully saturated rings. The molecule has 26 heavy (non-hydrogen) atoms. The molecule has 9 heteroatoms. The zero-order valence-corrected chi connectivity index (χ0v) is 14.8. The van der Waals surface area contributed by atoms with Crippen LogP contribution in [0.2, 0.25) is 0 Å². The predicted molar refractivity (Wildman–Crippen MR) is 89.8 cm³/mol. The molecule has 140 valence electrons. The number of aryl methyl sites for hydroxylation is 1. The lowest BCUT2D eigenvalue weighted by Crippen LogP contribution is -2.55. The highest BCUT2D eigenvalue weighted by Gasteiger charge is 2.35. The van der Waals surface area contributed by atoms with E-state index in [4.69, 9.17) is 14.0 Å². The van der Waals surface area contributed by atoms with E-state index >= 15 is 0 Å². The molecule has 0 aliphatic heterocycles. The molecular weight excluding hydrogens is 342 g/mol. The summed E-state index contributed by atoms with van der Waals surface area (Å²) in [6.07, 6.45) is 0.648. The van der Waals surface area contributed by atoms with Crippen LogP contribution in [-0.4, -0.2) is 46.4 Å². The van der Waals surface area contributed by atoms with Gasteiger partial charge in [-0.25, -0.2) is 4.79 Å². The van der Waals surface area contributed by atoms with Gasteiger partial charge in [0, 0.05) is 19.1 Å². The van der Waals surface area contributed by atoms with E-state index in [1.54, 1.807) is 12.1 Å². The Morgan fingerprint density at radius 2 is 2.00 bits per heavy atom. The van der Waals surface area contributed by atoms with Crippen molar-refractivity contribution in [3.8, 4) is 5.75 Å². The summed E-state index contributed by atoms with van der Waals surface area (Å²) < 4.78 is 15.4. The SMILES string of the molecule is CCc1nc(COc2ccc(C(=O)NC(C)(COC)C(=O)O)cc2)no1. The molecule has 0 spiro atoms. The molecule has 9 nitrogen and oxygen atoms in total. The molecular formula is C17H21N3O6. The third-order valence-corrected chi connectivity index (χ3v) is 3.59. The van der Waals surface area contributed by atoms with Gasteiger partial charge < -0.3 is 24.4 Å². The molecule has 0 bridgehead atoms. The largest absolute Gasteiger partial charge is 0.485 e. The molecule has 2 N–H and O–H groups in total. The average Bonchev–Trinajstić information content (AvgIpc) is 3.08. The maximum Gasteiger partial charge on any atom is 0.331 e. The van der Waals surface area contributed by atoms with Crippen LogP contribution in [0, 0.1) is 0 Å². The molecule has 1 unspecified atom stereocenters. The highest BCUT2D eigenvalue weighted by atomic mass is 16.5. The van der Waals surface area contributed by atoms with Crippen molar-refractivity contribution in [2.75, 3.05) is 13.7 Å². The maximum absolute atomic E-state index is 12.3. The van der Waals surface area contributed by atoms with Crippen LogP contribution >= 0.6 is 0 Å². The normalized spacial score (nSPS) is 13.0. The summed E-state index contributed by atoms with van der Waals surface area (Å²) in [5.41, 5.74) is -1.22. The van der Waals surface area contributed by atoms with Gasteiger partial charge in [-0.3, -0.25) is 4.79 Å². The van der Waals surface area contributed by atoms with Crippen molar-refractivity contribution in [1.29, 1.82) is 0 Å². The Kier molecular flexibility index (Phi) is 6.29. The summed E-state index contributed by atoms with van der Waals surface area (Å²) in [4.78, 5) is 27.7. The Bertz CT molecular complexity index is 758. The van der Waals surface area contributed by atoms with Crippen molar-refractivity contribution < 1.29 is 28.7 Å². The van der Waals surface area contributed by atoms with Crippen LogP contribution in [0.4, 0.5) is 0 Å². The quantitative estimate of drug-likeness (QED) is 0.686. The van der Waals surface area contributed by atoms with Crippen molar-refractivity contribution >= 4 is 11.9 Å². The minimum Gasteiger partial charge on any atom is -0.485 e. The van der Waals surface area contributed by atoms with Crippen LogP contribution in [0.3, 0.4) is 0 Å². The van der Waals surface area contributed by atoms with Gasteiger partial charge in [0.05, 0.1) is 6.61 Å². The molecule has 2 rings (SSSR count). The Labute approximate surface area is 150 Å². The molecule has 1 aromatic heterocycles. The minimum absolute atomic E-state index is 0.139. The Balaban J connectivity index is 1.97. The average molecular weight is 363 g/mol. The van der Waals surface area contributed by atoms with Gasteiger partial charge in [-0.15, -0.1) is 0 Å². The Hall–Kier alpha value is -2.94. The number of nitrogens with zero attached hydrogens (tertiary/aromatic N) is 2. The highest BCUT2D eigenvalue weighted by molar-refractivity contribution is 5.97. The Morgan fingerprint density at radius 3 is 2.54 bits per heavy atom. The van der Waals surface area contributed by atoms with Crippen LogP contribution in [0.15, 0.2) is 28.8 Å². The number of aromatic nitrogens is 2. The fourth-order valence-electron chi connectivity index (χ4n) is 2.11. The molecule has 0 saturated heterocycles. The van der Waals surface area contributed by atoms with Crippen molar-refractivity contribution in [1.82, 2.24) is 15.5 Å². The number of hydrogen-bond donors (Lipinski definition) is 2. The van der Waals surface area contributed by atoms with E-state index in [9.17, 15) is 14.7 Å². The van der Waals surface area contributed by atoms with Crippen LogP contribution in [0.25, 0.3) is 0 Å². The fraction of sp³-hybridized carbons (Fsp3) is 0.412. The monoisotopic (exact) mass is 363 g/mol. The van der Waals surface area contributed by atoms with Gasteiger partial charge >= 0.3 is 5.97 Å². The van der Waals surface area contributed by atoms with Gasteiger partial charge in [-0.05, 0) is 31.2 Å². The van der Waals surface area contributed by atoms with E-state index in [1.165, 1.54) is 26.2 Å². The molecule has 1 amide bonds. The van der Waals surface area contributed by atoms with Crippen molar-refractivity contribution in [3.05, 3.63) is 41.5 Å². The smallest absolute Gasteiger partial charge is 0.331 e. The number of hydrogen-bond acceptors (Lipinski definition) is 7. The zero-order chi connectivity index (χ0) is 19.2. The van der Waals surface area contributed by atoms with Gasteiger partial charge in [0.15, 0.2) is 12.1 Å². The number of carbonyl (C=O) groups is 2. The molecule has 2 aromatic rings. The third-order valence-electron chi connectivity index (χ3n) is 3.59. The maximum atomic E-state index is 12.3. The number of ether oxygens (including phenoxy) is 2. The summed E-state index contributed by atoms with van der Waals surface area (Å²) in [5, 5.41) is 15.5. The van der Waals surface area contributed by atoms with Crippen LogP contribution in [0.1, 0.15) is 35.9 Å². The van der Waals surface area contributed by atoms with Gasteiger partial charge in [-0.1, -0.05) is 12.1 Å². The summed E-state index contributed by atoms with van der Waals surface area (Å²) in [6.45, 7) is 3.27. The third kappa shape index (κ3) is 4.79. The lowest BCUT2D eigenvalue weighted by Gasteiger charge is -2.25. The second-order valence-corrected chi connectivity index (χ2v) is 5.80. The van der Waals surface area contributed by atoms with Gasteiger partial charge in [0.2, 0.25) is 11.7 Å². The lowest BCUT2D eigenvalue weighted by molar-refractivity contribution is -0.145. The van der Waals surface area contributed by atoms with E-state index in [0.29, 0.717) is 29.4 Å². The highest BCUT2D eigenvalue weighted by Crippen LogP contribution is 2.15. The molecule has 1 heterocycles. The second-order valence-electron chi connectivity index (χ2n) is 5.80. The van der Waals surface area contributed by atoms with E-state index in [2.05, 4.69) is 15.5 Å². The standard InChI is InChI=1S/C17H21N3O6/c1-4-14-18-13(20-26-14)9-25-12-7-5-11(6-8-12)15(21)19-17(2,10-24-3)16(22)23/h5-8H,4,9-10H2,1-3H3,(H,19,21)(H,22,23). The summed E-state index contributed by atoms with van der Waals surface area (Å²) in [5.74, 6) is -0.223. The van der Waals surface area contributed by atoms with Gasteiger partial charge in [0.1, 0.15) is 5.75 Å². The van der Waals surface area contributed by atoms with Crippen molar-refractivity contribution in [2.45, 2.75) is 32.4 Å². The summed E-state index contributed by atoms with van der Waals surface area (Å²) >= 11 is 0. The summed E-state index contributed by atoms with van der Waals surface area (Å²) in [6, 6.07) is 6.27. The number of rotatable bonds is 9. The van der Waals surface area contributed by atoms with E-state index in [1.807, 2.05) is 6.92 Å². The van der Waals surface area contributed by atoms with Crippen LogP contribution in [0.5, 0.6) is 5.75 Å². The number of nitrogens with one attached hydrogen (secondary N) is 1. The molecule has 0 aliphatic carbocycles. The number of aliphatic carboxylic acids is 1. The van der Waals surface area contributed by atoms with E-state index in [0.717, 1.165) is 0 Å². The number of carbonyl (C=O) groups excluding carboxylic acids is 1. The molecule has 0 aliphatic rings. The zero-order valence-electron chi connectivity index (χ0n) is 14.8. The van der Waals surface area contributed by atoms with Gasteiger partial charge in [-0.2, -0.15) is 4.98 Å². The van der Waals surface area contributed by atoms with Crippen LogP contribution < -0.4 is 10.1 Å². The van der Waals surface area contributed by atoms with Crippen molar-refractivity contribution in [3.63, 3.8) is 0 Å². The first-order valence-corrected chi connectivity index (χ1v) is 7.97. The minimum atomic E-state index is -1.52. The van der Waals surface area contributed by atoms with E-state index < -0.39 is 17.4 Å². The first kappa shape index (κ1) is 19.4. The van der Waals surface area contributed by atoms with Crippen molar-refractivity contribution in [2.24, 2.45) is 0 Å². The molecule has 0 saturated carbocycles. The molecule has 0 radical (unpaired) electrons. The van der Waals surface area contributed by atoms with Crippen LogP contribution in [-0.2, 0) is 22.6 Å². The second kappa shape index (κ2) is 8.43. The Morgan fingerprint density at radius 1 is 1.31 bits per heavy atom. The first-order chi connectivity index (χ1) is 12.4. The lowest BCUT2D eigenvalue weighted by atomic mass is 10.0. The molecule has 1 atom stereocenters. The van der Waals surface area contributed by atoms with E-state index in [-0.39, 0.29) is 13.2 Å². The summed E-state index contributed by atoms with van der Waals surface area (Å²) in [7, 11) is 1.37.